The van der Waals surface area contributed by atoms with Crippen LogP contribution in [0.2, 0.25) is 0 Å². The maximum atomic E-state index is 12.8. The number of hydrogen-bond acceptors (Lipinski definition) is 6. The normalized spacial score (nSPS) is 11.8. The zero-order valence-corrected chi connectivity index (χ0v) is 16.4. The number of carbonyl (C=O) groups is 1. The molecule has 1 amide bonds. The summed E-state index contributed by atoms with van der Waals surface area (Å²) in [5, 5.41) is 13.6. The summed E-state index contributed by atoms with van der Waals surface area (Å²) in [5.74, 6) is -0.165. The minimum atomic E-state index is -3.85. The van der Waals surface area contributed by atoms with E-state index in [2.05, 4.69) is 25.6 Å². The zero-order valence-electron chi connectivity index (χ0n) is 15.6. The molecule has 9 nitrogen and oxygen atoms in total. The molecule has 3 rings (SSSR count). The van der Waals surface area contributed by atoms with Crippen molar-refractivity contribution in [1.82, 2.24) is 20.2 Å². The second-order valence-corrected chi connectivity index (χ2v) is 8.82. The van der Waals surface area contributed by atoms with Crippen molar-refractivity contribution in [3.05, 3.63) is 54.9 Å². The van der Waals surface area contributed by atoms with Gasteiger partial charge in [-0.25, -0.2) is 13.1 Å². The Labute approximate surface area is 162 Å². The van der Waals surface area contributed by atoms with Gasteiger partial charge in [0, 0.05) is 11.1 Å². The topological polar surface area (TPSA) is 119 Å². The van der Waals surface area contributed by atoms with Gasteiger partial charge >= 0.3 is 0 Å². The van der Waals surface area contributed by atoms with Gasteiger partial charge in [-0.1, -0.05) is 32.9 Å². The fourth-order valence-electron chi connectivity index (χ4n) is 2.27. The van der Waals surface area contributed by atoms with Crippen molar-refractivity contribution in [1.29, 1.82) is 0 Å². The third kappa shape index (κ3) is 4.52. The Kier molecular flexibility index (Phi) is 5.14. The Bertz CT molecular complexity index is 1090. The van der Waals surface area contributed by atoms with Crippen molar-refractivity contribution >= 4 is 27.3 Å². The highest BCUT2D eigenvalue weighted by Gasteiger charge is 2.21. The Morgan fingerprint density at radius 2 is 1.75 bits per heavy atom. The summed E-state index contributed by atoms with van der Waals surface area (Å²) < 4.78 is 29.4. The maximum absolute atomic E-state index is 12.8. The molecule has 0 aliphatic heterocycles. The lowest BCUT2D eigenvalue weighted by Crippen LogP contribution is -2.27. The van der Waals surface area contributed by atoms with Gasteiger partial charge < -0.3 is 5.32 Å². The van der Waals surface area contributed by atoms with Crippen molar-refractivity contribution in [2.75, 3.05) is 10.0 Å². The molecule has 0 aliphatic carbocycles. The Hall–Kier alpha value is -3.27. The van der Waals surface area contributed by atoms with Gasteiger partial charge in [0.15, 0.2) is 0 Å². The molecule has 1 aromatic heterocycles. The highest BCUT2D eigenvalue weighted by atomic mass is 32.2. The van der Waals surface area contributed by atoms with Crippen LogP contribution < -0.4 is 10.0 Å². The summed E-state index contributed by atoms with van der Waals surface area (Å²) in [6.07, 6.45) is 1.38. The first-order valence-corrected chi connectivity index (χ1v) is 9.91. The maximum Gasteiger partial charge on any atom is 0.261 e. The van der Waals surface area contributed by atoms with Crippen molar-refractivity contribution in [2.24, 2.45) is 5.41 Å². The molecule has 146 valence electrons. The third-order valence-electron chi connectivity index (χ3n) is 3.80. The standard InChI is InChI=1S/C18H20N6O3S/c1-18(2,3)17(25)20-13-6-4-7-14(10-13)21-28(26,27)16-9-5-8-15(11-16)24-12-19-22-23-24/h4-12,21H,1-3H3,(H,20,25). The van der Waals surface area contributed by atoms with E-state index >= 15 is 0 Å². The predicted octanol–water partition coefficient (Wildman–Crippen LogP) is 2.45. The molecule has 0 saturated carbocycles. The lowest BCUT2D eigenvalue weighted by molar-refractivity contribution is -0.123. The lowest BCUT2D eigenvalue weighted by atomic mass is 9.95. The summed E-state index contributed by atoms with van der Waals surface area (Å²) in [5.41, 5.74) is 0.785. The largest absolute Gasteiger partial charge is 0.326 e. The van der Waals surface area contributed by atoms with Gasteiger partial charge in [0.05, 0.1) is 16.3 Å². The van der Waals surface area contributed by atoms with E-state index in [0.717, 1.165) is 0 Å². The van der Waals surface area contributed by atoms with Crippen LogP contribution in [-0.4, -0.2) is 34.5 Å². The molecule has 0 aliphatic rings. The van der Waals surface area contributed by atoms with Gasteiger partial charge in [-0.15, -0.1) is 5.10 Å². The molecule has 0 fully saturated rings. The third-order valence-corrected chi connectivity index (χ3v) is 5.17. The van der Waals surface area contributed by atoms with Crippen LogP contribution in [0.4, 0.5) is 11.4 Å². The van der Waals surface area contributed by atoms with Gasteiger partial charge in [-0.05, 0) is 46.8 Å². The van der Waals surface area contributed by atoms with E-state index in [0.29, 0.717) is 17.1 Å². The molecule has 0 atom stereocenters. The summed E-state index contributed by atoms with van der Waals surface area (Å²) in [6.45, 7) is 5.39. The molecule has 10 heteroatoms. The number of sulfonamides is 1. The van der Waals surface area contributed by atoms with E-state index in [1.807, 2.05) is 0 Å². The fourth-order valence-corrected chi connectivity index (χ4v) is 3.35. The smallest absolute Gasteiger partial charge is 0.261 e. The molecule has 1 heterocycles. The second kappa shape index (κ2) is 7.39. The van der Waals surface area contributed by atoms with Crippen LogP contribution in [0.15, 0.2) is 59.8 Å². The molecule has 0 radical (unpaired) electrons. The molecule has 2 N–H and O–H groups in total. The average Bonchev–Trinajstić information content (AvgIpc) is 3.16. The molecule has 0 saturated heterocycles. The number of tetrazole rings is 1. The molecule has 0 spiro atoms. The van der Waals surface area contributed by atoms with Crippen molar-refractivity contribution in [2.45, 2.75) is 25.7 Å². The molecular weight excluding hydrogens is 380 g/mol. The van der Waals surface area contributed by atoms with Crippen molar-refractivity contribution in [3.8, 4) is 5.69 Å². The first-order chi connectivity index (χ1) is 13.1. The van der Waals surface area contributed by atoms with E-state index < -0.39 is 15.4 Å². The number of carbonyl (C=O) groups excluding carboxylic acids is 1. The predicted molar refractivity (Wildman–Crippen MR) is 104 cm³/mol. The van der Waals surface area contributed by atoms with Crippen LogP contribution in [0, 0.1) is 5.41 Å². The zero-order chi connectivity index (χ0) is 20.4. The number of benzene rings is 2. The first kappa shape index (κ1) is 19.5. The van der Waals surface area contributed by atoms with E-state index in [1.54, 1.807) is 57.2 Å². The minimum Gasteiger partial charge on any atom is -0.326 e. The van der Waals surface area contributed by atoms with Gasteiger partial charge in [0.2, 0.25) is 5.91 Å². The minimum absolute atomic E-state index is 0.0598. The molecule has 2 aromatic carbocycles. The highest BCUT2D eigenvalue weighted by Crippen LogP contribution is 2.23. The highest BCUT2D eigenvalue weighted by molar-refractivity contribution is 7.92. The molecule has 0 unspecified atom stereocenters. The van der Waals surface area contributed by atoms with Crippen molar-refractivity contribution in [3.63, 3.8) is 0 Å². The van der Waals surface area contributed by atoms with Crippen LogP contribution in [0.5, 0.6) is 0 Å². The van der Waals surface area contributed by atoms with Gasteiger partial charge in [0.25, 0.3) is 10.0 Å². The SMILES string of the molecule is CC(C)(C)C(=O)Nc1cccc(NS(=O)(=O)c2cccc(-n3cnnn3)c2)c1. The van der Waals surface area contributed by atoms with E-state index in [1.165, 1.54) is 23.1 Å². The quantitative estimate of drug-likeness (QED) is 0.679. The van der Waals surface area contributed by atoms with E-state index in [-0.39, 0.29) is 10.8 Å². The summed E-state index contributed by atoms with van der Waals surface area (Å²) in [7, 11) is -3.85. The number of rotatable bonds is 5. The second-order valence-electron chi connectivity index (χ2n) is 7.14. The number of anilines is 2. The molecule has 28 heavy (non-hydrogen) atoms. The molecular formula is C18H20N6O3S. The van der Waals surface area contributed by atoms with Crippen LogP contribution >= 0.6 is 0 Å². The van der Waals surface area contributed by atoms with E-state index in [4.69, 9.17) is 0 Å². The lowest BCUT2D eigenvalue weighted by Gasteiger charge is -2.18. The van der Waals surface area contributed by atoms with E-state index in [9.17, 15) is 13.2 Å². The monoisotopic (exact) mass is 400 g/mol. The van der Waals surface area contributed by atoms with Crippen LogP contribution in [0.3, 0.4) is 0 Å². The van der Waals surface area contributed by atoms with Gasteiger partial charge in [0.1, 0.15) is 6.33 Å². The summed E-state index contributed by atoms with van der Waals surface area (Å²) >= 11 is 0. The van der Waals surface area contributed by atoms with Crippen LogP contribution in [0.1, 0.15) is 20.8 Å². The van der Waals surface area contributed by atoms with Gasteiger partial charge in [-0.2, -0.15) is 0 Å². The van der Waals surface area contributed by atoms with Gasteiger partial charge in [-0.3, -0.25) is 9.52 Å². The number of hydrogen-bond donors (Lipinski definition) is 2. The average molecular weight is 400 g/mol. The first-order valence-electron chi connectivity index (χ1n) is 8.43. The van der Waals surface area contributed by atoms with Crippen molar-refractivity contribution < 1.29 is 13.2 Å². The Balaban J connectivity index is 1.82. The van der Waals surface area contributed by atoms with Crippen LogP contribution in [-0.2, 0) is 14.8 Å². The number of nitrogens with zero attached hydrogens (tertiary/aromatic N) is 4. The Morgan fingerprint density at radius 1 is 1.04 bits per heavy atom. The summed E-state index contributed by atoms with van der Waals surface area (Å²) in [6, 6.07) is 12.8. The number of amides is 1. The number of nitrogens with one attached hydrogen (secondary N) is 2. The fraction of sp³-hybridized carbons (Fsp3) is 0.222. The van der Waals surface area contributed by atoms with Crippen LogP contribution in [0.25, 0.3) is 5.69 Å². The Morgan fingerprint density at radius 3 is 2.43 bits per heavy atom. The molecule has 0 bridgehead atoms. The molecule has 3 aromatic rings. The summed E-state index contributed by atoms with van der Waals surface area (Å²) in [4.78, 5) is 12.2. The number of aromatic nitrogens is 4.